The first-order valence-electron chi connectivity index (χ1n) is 9.14. The molecule has 0 amide bonds. The van der Waals surface area contributed by atoms with Crippen molar-refractivity contribution in [3.8, 4) is 23.0 Å². The van der Waals surface area contributed by atoms with Crippen molar-refractivity contribution in [1.29, 1.82) is 0 Å². The summed E-state index contributed by atoms with van der Waals surface area (Å²) in [7, 11) is 0. The standard InChI is InChI=1S/C24H18N2O4/c27-19-5-7-23(29)17(9-19)13-25-21-11-15-3-1-2-4-16(15)12-22(21)26-14-18-10-20(28)6-8-24(18)30/h1-14,27-30H. The maximum Gasteiger partial charge on any atom is 0.124 e. The summed E-state index contributed by atoms with van der Waals surface area (Å²) in [5, 5.41) is 41.2. The van der Waals surface area contributed by atoms with Crippen molar-refractivity contribution in [3.63, 3.8) is 0 Å². The van der Waals surface area contributed by atoms with Gasteiger partial charge in [-0.15, -0.1) is 0 Å². The van der Waals surface area contributed by atoms with Gasteiger partial charge in [0.2, 0.25) is 0 Å². The molecule has 0 spiro atoms. The number of aliphatic imine (C=N–C) groups is 2. The van der Waals surface area contributed by atoms with Gasteiger partial charge >= 0.3 is 0 Å². The smallest absolute Gasteiger partial charge is 0.124 e. The van der Waals surface area contributed by atoms with Gasteiger partial charge in [-0.05, 0) is 59.3 Å². The lowest BCUT2D eigenvalue weighted by Crippen LogP contribution is -1.84. The van der Waals surface area contributed by atoms with Crippen LogP contribution in [0.5, 0.6) is 23.0 Å². The van der Waals surface area contributed by atoms with Crippen LogP contribution in [0.4, 0.5) is 11.4 Å². The Hall–Kier alpha value is -4.32. The Bertz CT molecular complexity index is 1200. The molecule has 0 aliphatic rings. The maximum absolute atomic E-state index is 9.98. The first kappa shape index (κ1) is 19.0. The van der Waals surface area contributed by atoms with Crippen LogP contribution in [0.2, 0.25) is 0 Å². The van der Waals surface area contributed by atoms with Crippen LogP contribution in [0.3, 0.4) is 0 Å². The van der Waals surface area contributed by atoms with E-state index >= 15 is 0 Å². The summed E-state index contributed by atoms with van der Waals surface area (Å²) in [4.78, 5) is 8.92. The lowest BCUT2D eigenvalue weighted by molar-refractivity contribution is 0.459. The fourth-order valence-corrected chi connectivity index (χ4v) is 2.99. The van der Waals surface area contributed by atoms with Crippen LogP contribution in [0.15, 0.2) is 82.8 Å². The fraction of sp³-hybridized carbons (Fsp3) is 0. The number of hydrogen-bond donors (Lipinski definition) is 4. The van der Waals surface area contributed by atoms with Crippen molar-refractivity contribution in [3.05, 3.63) is 83.9 Å². The van der Waals surface area contributed by atoms with Crippen LogP contribution in [0, 0.1) is 0 Å². The Morgan fingerprint density at radius 3 is 1.40 bits per heavy atom. The Labute approximate surface area is 172 Å². The van der Waals surface area contributed by atoms with Gasteiger partial charge in [0.15, 0.2) is 0 Å². The summed E-state index contributed by atoms with van der Waals surface area (Å²) in [6, 6.07) is 19.9. The van der Waals surface area contributed by atoms with E-state index in [-0.39, 0.29) is 23.0 Å². The third-order valence-corrected chi connectivity index (χ3v) is 4.55. The molecule has 0 unspecified atom stereocenters. The second-order valence-corrected chi connectivity index (χ2v) is 6.69. The lowest BCUT2D eigenvalue weighted by atomic mass is 10.1. The average molecular weight is 398 g/mol. The van der Waals surface area contributed by atoms with Crippen LogP contribution in [-0.4, -0.2) is 32.9 Å². The normalized spacial score (nSPS) is 11.6. The Morgan fingerprint density at radius 2 is 0.967 bits per heavy atom. The van der Waals surface area contributed by atoms with E-state index in [0.29, 0.717) is 22.5 Å². The molecular formula is C24H18N2O4. The third-order valence-electron chi connectivity index (χ3n) is 4.55. The van der Waals surface area contributed by atoms with Crippen molar-refractivity contribution in [2.24, 2.45) is 9.98 Å². The molecule has 148 valence electrons. The minimum atomic E-state index is -0.00734. The summed E-state index contributed by atoms with van der Waals surface area (Å²) in [6.45, 7) is 0. The zero-order chi connectivity index (χ0) is 21.1. The predicted molar refractivity (Wildman–Crippen MR) is 118 cm³/mol. The molecule has 4 aromatic rings. The molecule has 0 heterocycles. The number of rotatable bonds is 4. The molecule has 0 aromatic heterocycles. The molecule has 0 saturated heterocycles. The number of benzene rings is 4. The molecule has 30 heavy (non-hydrogen) atoms. The average Bonchev–Trinajstić information content (AvgIpc) is 2.74. The fourth-order valence-electron chi connectivity index (χ4n) is 2.99. The van der Waals surface area contributed by atoms with Crippen LogP contribution in [-0.2, 0) is 0 Å². The van der Waals surface area contributed by atoms with Gasteiger partial charge in [-0.2, -0.15) is 0 Å². The molecule has 0 aliphatic carbocycles. The number of fused-ring (bicyclic) bond motifs is 1. The highest BCUT2D eigenvalue weighted by molar-refractivity contribution is 5.95. The molecule has 6 nitrogen and oxygen atoms in total. The van der Waals surface area contributed by atoms with Gasteiger partial charge < -0.3 is 20.4 Å². The van der Waals surface area contributed by atoms with Crippen LogP contribution in [0.25, 0.3) is 10.8 Å². The topological polar surface area (TPSA) is 106 Å². The summed E-state index contributed by atoms with van der Waals surface area (Å²) >= 11 is 0. The van der Waals surface area contributed by atoms with Crippen molar-refractivity contribution in [2.75, 3.05) is 0 Å². The van der Waals surface area contributed by atoms with Crippen LogP contribution in [0.1, 0.15) is 11.1 Å². The van der Waals surface area contributed by atoms with Gasteiger partial charge in [0.05, 0.1) is 11.4 Å². The number of phenolic OH excluding ortho intramolecular Hbond substituents is 4. The van der Waals surface area contributed by atoms with Gasteiger partial charge in [-0.3, -0.25) is 9.98 Å². The monoisotopic (exact) mass is 398 g/mol. The quantitative estimate of drug-likeness (QED) is 0.281. The molecule has 0 saturated carbocycles. The molecule has 0 radical (unpaired) electrons. The summed E-state index contributed by atoms with van der Waals surface area (Å²) in [6.07, 6.45) is 2.90. The van der Waals surface area contributed by atoms with Crippen LogP contribution < -0.4 is 0 Å². The summed E-state index contributed by atoms with van der Waals surface area (Å²) < 4.78 is 0. The Kier molecular flexibility index (Phi) is 5.05. The second-order valence-electron chi connectivity index (χ2n) is 6.69. The molecule has 6 heteroatoms. The SMILES string of the molecule is Oc1ccc(O)c(C=Nc2cc3ccccc3cc2N=Cc2cc(O)ccc2O)c1. The zero-order valence-corrected chi connectivity index (χ0v) is 15.8. The molecule has 4 N–H and O–H groups in total. The highest BCUT2D eigenvalue weighted by Crippen LogP contribution is 2.34. The summed E-state index contributed by atoms with van der Waals surface area (Å²) in [5.74, 6) is 0.0230. The zero-order valence-electron chi connectivity index (χ0n) is 15.8. The van der Waals surface area contributed by atoms with E-state index in [0.717, 1.165) is 10.8 Å². The maximum atomic E-state index is 9.98. The predicted octanol–water partition coefficient (Wildman–Crippen LogP) is 5.16. The van der Waals surface area contributed by atoms with E-state index in [4.69, 9.17) is 0 Å². The molecule has 0 atom stereocenters. The third kappa shape index (κ3) is 4.07. The number of aromatic hydroxyl groups is 4. The lowest BCUT2D eigenvalue weighted by Gasteiger charge is -2.06. The first-order chi connectivity index (χ1) is 14.5. The number of nitrogens with zero attached hydrogens (tertiary/aromatic N) is 2. The van der Waals surface area contributed by atoms with Crippen molar-refractivity contribution >= 4 is 34.6 Å². The van der Waals surface area contributed by atoms with E-state index in [9.17, 15) is 20.4 Å². The summed E-state index contributed by atoms with van der Waals surface area (Å²) in [5.41, 5.74) is 1.80. The van der Waals surface area contributed by atoms with Gasteiger partial charge in [0.1, 0.15) is 23.0 Å². The molecular weight excluding hydrogens is 380 g/mol. The second kappa shape index (κ2) is 7.97. The molecule has 4 rings (SSSR count). The Balaban J connectivity index is 1.79. The van der Waals surface area contributed by atoms with E-state index < -0.39 is 0 Å². The Morgan fingerprint density at radius 1 is 0.533 bits per heavy atom. The van der Waals surface area contributed by atoms with E-state index in [1.165, 1.54) is 48.8 Å². The highest BCUT2D eigenvalue weighted by atomic mass is 16.3. The minimum Gasteiger partial charge on any atom is -0.508 e. The molecule has 4 aromatic carbocycles. The largest absolute Gasteiger partial charge is 0.508 e. The van der Waals surface area contributed by atoms with Gasteiger partial charge in [0, 0.05) is 23.6 Å². The van der Waals surface area contributed by atoms with Gasteiger partial charge in [0.25, 0.3) is 0 Å². The van der Waals surface area contributed by atoms with Gasteiger partial charge in [-0.1, -0.05) is 24.3 Å². The number of hydrogen-bond acceptors (Lipinski definition) is 6. The van der Waals surface area contributed by atoms with Crippen molar-refractivity contribution in [2.45, 2.75) is 0 Å². The molecule has 0 bridgehead atoms. The van der Waals surface area contributed by atoms with E-state index in [1.807, 2.05) is 36.4 Å². The van der Waals surface area contributed by atoms with E-state index in [1.54, 1.807) is 0 Å². The van der Waals surface area contributed by atoms with Crippen molar-refractivity contribution < 1.29 is 20.4 Å². The van der Waals surface area contributed by atoms with E-state index in [2.05, 4.69) is 9.98 Å². The van der Waals surface area contributed by atoms with Gasteiger partial charge in [-0.25, -0.2) is 0 Å². The minimum absolute atomic E-state index is 0.00734. The first-order valence-corrected chi connectivity index (χ1v) is 9.14. The molecule has 0 aliphatic heterocycles. The van der Waals surface area contributed by atoms with Crippen molar-refractivity contribution in [1.82, 2.24) is 0 Å². The van der Waals surface area contributed by atoms with Crippen LogP contribution >= 0.6 is 0 Å². The number of phenols is 4. The molecule has 0 fully saturated rings. The highest BCUT2D eigenvalue weighted by Gasteiger charge is 2.06.